The third-order valence-electron chi connectivity index (χ3n) is 2.94. The molecule has 0 aliphatic heterocycles. The van der Waals surface area contributed by atoms with Crippen molar-refractivity contribution in [2.45, 2.75) is 12.6 Å². The van der Waals surface area contributed by atoms with Crippen molar-refractivity contribution in [1.82, 2.24) is 15.2 Å². The van der Waals surface area contributed by atoms with Gasteiger partial charge >= 0.3 is 0 Å². The number of nitrogens with one attached hydrogen (secondary N) is 1. The first-order valence-corrected chi connectivity index (χ1v) is 7.67. The second kappa shape index (κ2) is 7.33. The Morgan fingerprint density at radius 2 is 2.05 bits per heavy atom. The van der Waals surface area contributed by atoms with E-state index in [1.54, 1.807) is 13.3 Å². The van der Waals surface area contributed by atoms with Crippen molar-refractivity contribution in [2.75, 3.05) is 13.7 Å². The van der Waals surface area contributed by atoms with E-state index >= 15 is 0 Å². The third-order valence-corrected chi connectivity index (χ3v) is 3.85. The predicted molar refractivity (Wildman–Crippen MR) is 85.1 cm³/mol. The minimum Gasteiger partial charge on any atom is -0.383 e. The molecule has 1 heterocycles. The molecule has 0 amide bonds. The van der Waals surface area contributed by atoms with Gasteiger partial charge in [0, 0.05) is 22.3 Å². The first-order valence-electron chi connectivity index (χ1n) is 6.08. The predicted octanol–water partition coefficient (Wildman–Crippen LogP) is 2.61. The number of hydrazine groups is 1. The molecule has 2 aromatic rings. The van der Waals surface area contributed by atoms with Crippen LogP contribution in [-0.2, 0) is 11.3 Å². The van der Waals surface area contributed by atoms with Crippen LogP contribution >= 0.6 is 31.9 Å². The molecule has 20 heavy (non-hydrogen) atoms. The van der Waals surface area contributed by atoms with Crippen LogP contribution in [0, 0.1) is 0 Å². The average molecular weight is 404 g/mol. The van der Waals surface area contributed by atoms with Gasteiger partial charge in [-0.1, -0.05) is 31.9 Å². The molecule has 0 fully saturated rings. The summed E-state index contributed by atoms with van der Waals surface area (Å²) in [6.07, 6.45) is 1.77. The molecule has 0 aliphatic carbocycles. The number of aromatic nitrogens is 2. The van der Waals surface area contributed by atoms with E-state index in [0.717, 1.165) is 20.2 Å². The number of rotatable bonds is 6. The Morgan fingerprint density at radius 3 is 2.65 bits per heavy atom. The highest BCUT2D eigenvalue weighted by Gasteiger charge is 2.17. The molecule has 1 unspecified atom stereocenters. The number of ether oxygens (including phenoxy) is 1. The van der Waals surface area contributed by atoms with Gasteiger partial charge in [0.1, 0.15) is 0 Å². The van der Waals surface area contributed by atoms with Crippen molar-refractivity contribution in [3.8, 4) is 0 Å². The summed E-state index contributed by atoms with van der Waals surface area (Å²) in [4.78, 5) is 0. The maximum atomic E-state index is 5.74. The fourth-order valence-electron chi connectivity index (χ4n) is 2.05. The van der Waals surface area contributed by atoms with Gasteiger partial charge in [-0.2, -0.15) is 5.10 Å². The molecule has 2 rings (SSSR count). The first-order chi connectivity index (χ1) is 9.65. The lowest BCUT2D eigenvalue weighted by Crippen LogP contribution is -2.31. The molecule has 0 aliphatic rings. The molecule has 108 valence electrons. The van der Waals surface area contributed by atoms with Crippen LogP contribution in [-0.4, -0.2) is 23.5 Å². The van der Waals surface area contributed by atoms with Crippen LogP contribution in [0.4, 0.5) is 0 Å². The zero-order valence-corrected chi connectivity index (χ0v) is 14.2. The van der Waals surface area contributed by atoms with E-state index in [-0.39, 0.29) is 6.04 Å². The number of hydrogen-bond acceptors (Lipinski definition) is 4. The minimum absolute atomic E-state index is 0.136. The summed E-state index contributed by atoms with van der Waals surface area (Å²) >= 11 is 6.99. The molecule has 1 aromatic heterocycles. The lowest BCUT2D eigenvalue weighted by atomic mass is 10.0. The highest BCUT2D eigenvalue weighted by molar-refractivity contribution is 9.11. The summed E-state index contributed by atoms with van der Waals surface area (Å²) in [7, 11) is 1.67. The molecule has 0 saturated carbocycles. The Bertz CT molecular complexity index is 553. The van der Waals surface area contributed by atoms with E-state index in [1.807, 2.05) is 28.9 Å². The Hall–Kier alpha value is -0.730. The monoisotopic (exact) mass is 402 g/mol. The van der Waals surface area contributed by atoms with Crippen molar-refractivity contribution in [3.05, 3.63) is 50.7 Å². The molecule has 0 radical (unpaired) electrons. The van der Waals surface area contributed by atoms with E-state index in [2.05, 4.69) is 42.4 Å². The normalized spacial score (nSPS) is 12.6. The molecule has 5 nitrogen and oxygen atoms in total. The van der Waals surface area contributed by atoms with Gasteiger partial charge in [0.05, 0.1) is 24.9 Å². The Kier molecular flexibility index (Phi) is 5.74. The largest absolute Gasteiger partial charge is 0.383 e. The van der Waals surface area contributed by atoms with Crippen molar-refractivity contribution >= 4 is 31.9 Å². The molecule has 1 atom stereocenters. The molecule has 0 spiro atoms. The van der Waals surface area contributed by atoms with Crippen LogP contribution in [0.1, 0.15) is 17.3 Å². The highest BCUT2D eigenvalue weighted by Crippen LogP contribution is 2.27. The van der Waals surface area contributed by atoms with Crippen LogP contribution in [0.25, 0.3) is 0 Å². The lowest BCUT2D eigenvalue weighted by molar-refractivity contribution is 0.182. The van der Waals surface area contributed by atoms with Gasteiger partial charge in [0.15, 0.2) is 0 Å². The molecular formula is C13H16Br2N4O. The van der Waals surface area contributed by atoms with Gasteiger partial charge in [0.25, 0.3) is 0 Å². The number of hydrogen-bond donors (Lipinski definition) is 2. The number of halogens is 2. The molecule has 3 N–H and O–H groups in total. The van der Waals surface area contributed by atoms with E-state index in [9.17, 15) is 0 Å². The van der Waals surface area contributed by atoms with Gasteiger partial charge in [-0.15, -0.1) is 0 Å². The summed E-state index contributed by atoms with van der Waals surface area (Å²) in [5.74, 6) is 5.74. The second-order valence-electron chi connectivity index (χ2n) is 4.27. The Labute approximate surface area is 134 Å². The summed E-state index contributed by atoms with van der Waals surface area (Å²) in [6.45, 7) is 1.29. The summed E-state index contributed by atoms with van der Waals surface area (Å²) < 4.78 is 8.97. The Morgan fingerprint density at radius 1 is 1.35 bits per heavy atom. The van der Waals surface area contributed by atoms with Gasteiger partial charge in [-0.05, 0) is 29.8 Å². The van der Waals surface area contributed by atoms with Crippen molar-refractivity contribution < 1.29 is 4.74 Å². The van der Waals surface area contributed by atoms with E-state index < -0.39 is 0 Å². The number of nitrogens with zero attached hydrogens (tertiary/aromatic N) is 2. The minimum atomic E-state index is -0.136. The number of methoxy groups -OCH3 is 1. The highest BCUT2D eigenvalue weighted by atomic mass is 79.9. The smallest absolute Gasteiger partial charge is 0.0879 e. The lowest BCUT2D eigenvalue weighted by Gasteiger charge is -2.19. The number of benzene rings is 1. The molecule has 1 aromatic carbocycles. The maximum Gasteiger partial charge on any atom is 0.0879 e. The maximum absolute atomic E-state index is 5.74. The topological polar surface area (TPSA) is 65.1 Å². The summed E-state index contributed by atoms with van der Waals surface area (Å²) in [5, 5.41) is 4.31. The molecule has 7 heteroatoms. The number of nitrogens with two attached hydrogens (primary N) is 1. The van der Waals surface area contributed by atoms with Crippen molar-refractivity contribution in [3.63, 3.8) is 0 Å². The second-order valence-corrected chi connectivity index (χ2v) is 6.11. The average Bonchev–Trinajstić information content (AvgIpc) is 2.84. The SMILES string of the molecule is COCCn1nccc1C(NN)c1cc(Br)cc(Br)c1. The zero-order chi connectivity index (χ0) is 14.5. The molecular weight excluding hydrogens is 388 g/mol. The van der Waals surface area contributed by atoms with Gasteiger partial charge in [-0.25, -0.2) is 5.43 Å². The van der Waals surface area contributed by atoms with Crippen LogP contribution in [0.15, 0.2) is 39.4 Å². The van der Waals surface area contributed by atoms with Gasteiger partial charge < -0.3 is 4.74 Å². The van der Waals surface area contributed by atoms with Crippen LogP contribution in [0.3, 0.4) is 0 Å². The van der Waals surface area contributed by atoms with Crippen LogP contribution in [0.5, 0.6) is 0 Å². The summed E-state index contributed by atoms with van der Waals surface area (Å²) in [5.41, 5.74) is 4.89. The zero-order valence-electron chi connectivity index (χ0n) is 11.0. The van der Waals surface area contributed by atoms with Gasteiger partial charge in [-0.3, -0.25) is 10.5 Å². The fraction of sp³-hybridized carbons (Fsp3) is 0.308. The quantitative estimate of drug-likeness (QED) is 0.574. The molecule has 0 bridgehead atoms. The van der Waals surface area contributed by atoms with Crippen LogP contribution in [0.2, 0.25) is 0 Å². The van der Waals surface area contributed by atoms with Crippen molar-refractivity contribution in [1.29, 1.82) is 0 Å². The fourth-order valence-corrected chi connectivity index (χ4v) is 3.38. The van der Waals surface area contributed by atoms with Crippen LogP contribution < -0.4 is 11.3 Å². The third kappa shape index (κ3) is 3.67. The summed E-state index contributed by atoms with van der Waals surface area (Å²) in [6, 6.07) is 7.86. The van der Waals surface area contributed by atoms with Gasteiger partial charge in [0.2, 0.25) is 0 Å². The first kappa shape index (κ1) is 15.7. The van der Waals surface area contributed by atoms with E-state index in [4.69, 9.17) is 10.6 Å². The van der Waals surface area contributed by atoms with Crippen molar-refractivity contribution in [2.24, 2.45) is 5.84 Å². The standard InChI is InChI=1S/C13H16Br2N4O/c1-20-5-4-19-12(2-3-17-19)13(18-16)9-6-10(14)8-11(15)7-9/h2-3,6-8,13,18H,4-5,16H2,1H3. The van der Waals surface area contributed by atoms with E-state index in [0.29, 0.717) is 13.2 Å². The molecule has 0 saturated heterocycles. The Balaban J connectivity index is 2.34. The van der Waals surface area contributed by atoms with E-state index in [1.165, 1.54) is 0 Å².